The van der Waals surface area contributed by atoms with Crippen LogP contribution in [-0.4, -0.2) is 27.0 Å². The van der Waals surface area contributed by atoms with Crippen LogP contribution in [0.25, 0.3) is 0 Å². The topological polar surface area (TPSA) is 134 Å². The van der Waals surface area contributed by atoms with Crippen molar-refractivity contribution in [1.82, 2.24) is 4.98 Å². The summed E-state index contributed by atoms with van der Waals surface area (Å²) >= 11 is 14.1. The average Bonchev–Trinajstić information content (AvgIpc) is 3.10. The first-order valence-corrected chi connectivity index (χ1v) is 10.3. The zero-order valence-electron chi connectivity index (χ0n) is 14.6. The molecule has 13 heteroatoms. The van der Waals surface area contributed by atoms with E-state index in [4.69, 9.17) is 28.3 Å². The summed E-state index contributed by atoms with van der Waals surface area (Å²) in [5.74, 6) is -0.555. The van der Waals surface area contributed by atoms with Crippen LogP contribution in [0.4, 0.5) is 21.9 Å². The van der Waals surface area contributed by atoms with Crippen LogP contribution in [0.3, 0.4) is 0 Å². The third-order valence-corrected chi connectivity index (χ3v) is 6.75. The van der Waals surface area contributed by atoms with Crippen LogP contribution in [-0.2, 0) is 0 Å². The van der Waals surface area contributed by atoms with Gasteiger partial charge in [0, 0.05) is 29.8 Å². The highest BCUT2D eigenvalue weighted by Gasteiger charge is 2.25. The molecule has 0 aliphatic rings. The number of thiophene rings is 1. The number of carbonyl (C=O) groups excluding carboxylic acids is 1. The van der Waals surface area contributed by atoms with E-state index in [1.807, 2.05) is 0 Å². The van der Waals surface area contributed by atoms with E-state index < -0.39 is 16.9 Å². The molecular weight excluding hydrogens is 475 g/mol. The van der Waals surface area contributed by atoms with E-state index >= 15 is 0 Å². The Morgan fingerprint density at radius 2 is 1.67 bits per heavy atom. The fourth-order valence-electron chi connectivity index (χ4n) is 2.22. The van der Waals surface area contributed by atoms with Gasteiger partial charge in [-0.2, -0.15) is 0 Å². The molecule has 2 aromatic heterocycles. The third-order valence-electron chi connectivity index (χ3n) is 3.50. The SMILES string of the molecule is O=C(O)Nc1ccc(NC(=O)c2cc([N+](=O)[O-])c(Sc3c(Cl)cncc3Cl)s2)cc1. The van der Waals surface area contributed by atoms with Gasteiger partial charge >= 0.3 is 6.09 Å². The molecule has 0 fully saturated rings. The largest absolute Gasteiger partial charge is 0.465 e. The number of halogens is 2. The van der Waals surface area contributed by atoms with Gasteiger partial charge in [-0.15, -0.1) is 11.3 Å². The molecule has 0 bridgehead atoms. The summed E-state index contributed by atoms with van der Waals surface area (Å²) in [6, 6.07) is 7.10. The summed E-state index contributed by atoms with van der Waals surface area (Å²) in [4.78, 5) is 38.4. The molecule has 154 valence electrons. The molecule has 1 aromatic carbocycles. The van der Waals surface area contributed by atoms with Crippen LogP contribution in [0.15, 0.2) is 51.8 Å². The first-order chi connectivity index (χ1) is 14.2. The minimum absolute atomic E-state index is 0.109. The van der Waals surface area contributed by atoms with E-state index in [1.54, 1.807) is 0 Å². The van der Waals surface area contributed by atoms with Gasteiger partial charge in [-0.3, -0.25) is 25.2 Å². The van der Waals surface area contributed by atoms with E-state index in [-0.39, 0.29) is 24.8 Å². The Kier molecular flexibility index (Phi) is 6.77. The molecule has 0 saturated carbocycles. The zero-order chi connectivity index (χ0) is 21.8. The van der Waals surface area contributed by atoms with Crippen molar-refractivity contribution in [1.29, 1.82) is 0 Å². The molecule has 0 spiro atoms. The number of aromatic nitrogens is 1. The van der Waals surface area contributed by atoms with Crippen molar-refractivity contribution in [3.8, 4) is 0 Å². The Morgan fingerprint density at radius 1 is 1.10 bits per heavy atom. The fraction of sp³-hybridized carbons (Fsp3) is 0. The number of nitrogens with zero attached hydrogens (tertiary/aromatic N) is 2. The lowest BCUT2D eigenvalue weighted by atomic mass is 10.2. The Bertz CT molecular complexity index is 1120. The molecule has 9 nitrogen and oxygen atoms in total. The number of carboxylic acid groups (broad SMARTS) is 1. The van der Waals surface area contributed by atoms with Crippen molar-refractivity contribution >= 4 is 75.4 Å². The number of hydrogen-bond donors (Lipinski definition) is 3. The van der Waals surface area contributed by atoms with E-state index in [1.165, 1.54) is 42.7 Å². The molecule has 0 aliphatic carbocycles. The Hall–Kier alpha value is -2.86. The Labute approximate surface area is 187 Å². The number of hydrogen-bond acceptors (Lipinski definition) is 7. The lowest BCUT2D eigenvalue weighted by Gasteiger charge is -2.05. The molecule has 3 rings (SSSR count). The van der Waals surface area contributed by atoms with Gasteiger partial charge in [0.25, 0.3) is 11.6 Å². The van der Waals surface area contributed by atoms with E-state index in [0.29, 0.717) is 16.3 Å². The summed E-state index contributed by atoms with van der Waals surface area (Å²) < 4.78 is 0.237. The van der Waals surface area contributed by atoms with Crippen LogP contribution in [0.5, 0.6) is 0 Å². The zero-order valence-corrected chi connectivity index (χ0v) is 17.7. The maximum absolute atomic E-state index is 12.5. The molecule has 0 saturated heterocycles. The summed E-state index contributed by atoms with van der Waals surface area (Å²) in [6.07, 6.45) is 1.52. The summed E-state index contributed by atoms with van der Waals surface area (Å²) in [5, 5.41) is 25.4. The summed E-state index contributed by atoms with van der Waals surface area (Å²) in [7, 11) is 0. The quantitative estimate of drug-likeness (QED) is 0.294. The fourth-order valence-corrected chi connectivity index (χ4v) is 4.98. The van der Waals surface area contributed by atoms with Gasteiger partial charge in [-0.1, -0.05) is 35.0 Å². The van der Waals surface area contributed by atoms with E-state index in [0.717, 1.165) is 23.1 Å². The van der Waals surface area contributed by atoms with Crippen molar-refractivity contribution in [3.05, 3.63) is 67.8 Å². The van der Waals surface area contributed by atoms with Crippen molar-refractivity contribution < 1.29 is 19.6 Å². The van der Waals surface area contributed by atoms with Crippen LogP contribution in [0.2, 0.25) is 10.0 Å². The van der Waals surface area contributed by atoms with Gasteiger partial charge in [0.2, 0.25) is 0 Å². The molecule has 0 atom stereocenters. The molecule has 0 aliphatic heterocycles. The first kappa shape index (κ1) is 21.8. The predicted molar refractivity (Wildman–Crippen MR) is 115 cm³/mol. The Morgan fingerprint density at radius 3 is 2.20 bits per heavy atom. The highest BCUT2D eigenvalue weighted by molar-refractivity contribution is 8.01. The van der Waals surface area contributed by atoms with E-state index in [9.17, 15) is 19.7 Å². The molecular formula is C17H10Cl2N4O5S2. The second kappa shape index (κ2) is 9.30. The molecule has 30 heavy (non-hydrogen) atoms. The molecule has 2 heterocycles. The normalized spacial score (nSPS) is 10.5. The van der Waals surface area contributed by atoms with Crippen molar-refractivity contribution in [2.75, 3.05) is 10.6 Å². The van der Waals surface area contributed by atoms with Gasteiger partial charge in [0.1, 0.15) is 9.09 Å². The number of rotatable bonds is 6. The van der Waals surface area contributed by atoms with Crippen molar-refractivity contribution in [2.45, 2.75) is 9.10 Å². The highest BCUT2D eigenvalue weighted by atomic mass is 35.5. The number of benzene rings is 1. The monoisotopic (exact) mass is 484 g/mol. The van der Waals surface area contributed by atoms with Gasteiger partial charge < -0.3 is 10.4 Å². The Balaban J connectivity index is 1.82. The smallest absolute Gasteiger partial charge is 0.409 e. The maximum Gasteiger partial charge on any atom is 0.409 e. The minimum atomic E-state index is -1.21. The van der Waals surface area contributed by atoms with Crippen LogP contribution in [0, 0.1) is 10.1 Å². The number of nitrogens with one attached hydrogen (secondary N) is 2. The van der Waals surface area contributed by atoms with Gasteiger partial charge in [-0.05, 0) is 24.3 Å². The molecule has 3 N–H and O–H groups in total. The van der Waals surface area contributed by atoms with Crippen molar-refractivity contribution in [3.63, 3.8) is 0 Å². The van der Waals surface area contributed by atoms with Crippen molar-refractivity contribution in [2.24, 2.45) is 0 Å². The van der Waals surface area contributed by atoms with Crippen LogP contribution in [0.1, 0.15) is 9.67 Å². The number of nitro groups is 1. The molecule has 0 unspecified atom stereocenters. The average molecular weight is 485 g/mol. The molecule has 3 aromatic rings. The predicted octanol–water partition coefficient (Wildman–Crippen LogP) is 5.85. The summed E-state index contributed by atoms with van der Waals surface area (Å²) in [6.45, 7) is 0. The number of carbonyl (C=O) groups is 2. The highest BCUT2D eigenvalue weighted by Crippen LogP contribution is 2.45. The van der Waals surface area contributed by atoms with Gasteiger partial charge in [0.05, 0.1) is 19.9 Å². The van der Waals surface area contributed by atoms with Gasteiger partial charge in [-0.25, -0.2) is 4.79 Å². The standard InChI is InChI=1S/C17H10Cl2N4O5S2/c18-10-6-20-7-11(19)14(10)30-16-12(23(27)28)5-13(29-16)15(24)21-8-1-3-9(4-2-8)22-17(25)26/h1-7,22H,(H,21,24)(H,25,26). The lowest BCUT2D eigenvalue weighted by molar-refractivity contribution is -0.387. The maximum atomic E-state index is 12.5. The number of amides is 2. The van der Waals surface area contributed by atoms with Crippen LogP contribution < -0.4 is 10.6 Å². The molecule has 2 amide bonds. The van der Waals surface area contributed by atoms with Gasteiger partial charge in [0.15, 0.2) is 0 Å². The second-order valence-corrected chi connectivity index (χ2v) is 8.68. The van der Waals surface area contributed by atoms with Crippen LogP contribution >= 0.6 is 46.3 Å². The first-order valence-electron chi connectivity index (χ1n) is 7.91. The third kappa shape index (κ3) is 5.19. The van der Waals surface area contributed by atoms with E-state index in [2.05, 4.69) is 15.6 Å². The molecule has 0 radical (unpaired) electrons. The summed E-state index contributed by atoms with van der Waals surface area (Å²) in [5.41, 5.74) is 0.471. The minimum Gasteiger partial charge on any atom is -0.465 e. The number of pyridine rings is 1. The number of anilines is 2. The second-order valence-electron chi connectivity index (χ2n) is 5.54. The lowest BCUT2D eigenvalue weighted by Crippen LogP contribution is -2.10.